The van der Waals surface area contributed by atoms with Crippen molar-refractivity contribution in [3.63, 3.8) is 0 Å². The van der Waals surface area contributed by atoms with Gasteiger partial charge in [0.15, 0.2) is 11.2 Å². The van der Waals surface area contributed by atoms with Crippen molar-refractivity contribution >= 4 is 17.0 Å². The predicted octanol–water partition coefficient (Wildman–Crippen LogP) is 0.273. The molecule has 0 bridgehead atoms. The van der Waals surface area contributed by atoms with Crippen molar-refractivity contribution in [3.8, 4) is 0 Å². The zero-order valence-electron chi connectivity index (χ0n) is 11.1. The van der Waals surface area contributed by atoms with Crippen LogP contribution in [0.4, 0.5) is 0 Å². The highest BCUT2D eigenvalue weighted by Crippen LogP contribution is 2.18. The molecule has 0 saturated heterocycles. The van der Waals surface area contributed by atoms with Gasteiger partial charge in [0.05, 0.1) is 19.2 Å². The van der Waals surface area contributed by atoms with Gasteiger partial charge in [0.25, 0.3) is 5.56 Å². The van der Waals surface area contributed by atoms with Crippen LogP contribution >= 0.6 is 0 Å². The highest BCUT2D eigenvalue weighted by Gasteiger charge is 2.17. The molecule has 0 aromatic carbocycles. The van der Waals surface area contributed by atoms with Gasteiger partial charge in [-0.05, 0) is 13.0 Å². The fourth-order valence-electron chi connectivity index (χ4n) is 1.69. The summed E-state index contributed by atoms with van der Waals surface area (Å²) in [5, 5.41) is 27.6. The zero-order chi connectivity index (χ0) is 15.4. The second-order valence-electron chi connectivity index (χ2n) is 4.09. The molecule has 1 atom stereocenters. The average Bonchev–Trinajstić information content (AvgIpc) is 2.88. The Balaban J connectivity index is 2.50. The maximum atomic E-state index is 11.6. The second-order valence-corrected chi connectivity index (χ2v) is 4.09. The summed E-state index contributed by atoms with van der Waals surface area (Å²) in [6.45, 7) is 0.944. The number of imidazole rings is 1. The lowest BCUT2D eigenvalue weighted by Gasteiger charge is -2.17. The molecule has 112 valence electrons. The lowest BCUT2D eigenvalue weighted by molar-refractivity contribution is 0.112. The zero-order valence-corrected chi connectivity index (χ0v) is 11.1. The normalized spacial score (nSPS) is 14.4. The van der Waals surface area contributed by atoms with Gasteiger partial charge in [-0.2, -0.15) is 0 Å². The number of rotatable bonds is 5. The summed E-state index contributed by atoms with van der Waals surface area (Å²) in [6.07, 6.45) is 3.50. The van der Waals surface area contributed by atoms with Crippen LogP contribution < -0.4 is 5.56 Å². The minimum absolute atomic E-state index is 0.0623. The highest BCUT2D eigenvalue weighted by molar-refractivity contribution is 5.72. The summed E-state index contributed by atoms with van der Waals surface area (Å²) < 4.78 is 6.67. The molecule has 1 unspecified atom stereocenters. The number of aliphatic hydroxyl groups excluding tert-OH is 3. The third-order valence-corrected chi connectivity index (χ3v) is 2.61. The van der Waals surface area contributed by atoms with Crippen molar-refractivity contribution in [2.45, 2.75) is 13.0 Å². The molecule has 2 rings (SSSR count). The lowest BCUT2D eigenvalue weighted by atomic mass is 10.3. The van der Waals surface area contributed by atoms with Crippen molar-refractivity contribution in [2.24, 2.45) is 0 Å². The van der Waals surface area contributed by atoms with Crippen molar-refractivity contribution < 1.29 is 20.1 Å². The van der Waals surface area contributed by atoms with Crippen molar-refractivity contribution in [3.05, 3.63) is 41.1 Å². The molecule has 21 heavy (non-hydrogen) atoms. The fourth-order valence-corrected chi connectivity index (χ4v) is 1.69. The largest absolute Gasteiger partial charge is 0.516 e. The van der Waals surface area contributed by atoms with Crippen molar-refractivity contribution in [1.82, 2.24) is 19.5 Å². The highest BCUT2D eigenvalue weighted by atomic mass is 16.5. The van der Waals surface area contributed by atoms with Gasteiger partial charge in [0.1, 0.15) is 18.2 Å². The van der Waals surface area contributed by atoms with E-state index >= 15 is 0 Å². The minimum Gasteiger partial charge on any atom is -0.516 e. The first-order chi connectivity index (χ1) is 10.1. The molecule has 0 aliphatic carbocycles. The van der Waals surface area contributed by atoms with Crippen molar-refractivity contribution in [2.75, 3.05) is 6.61 Å². The second kappa shape index (κ2) is 6.09. The summed E-state index contributed by atoms with van der Waals surface area (Å²) in [4.78, 5) is 21.8. The van der Waals surface area contributed by atoms with Gasteiger partial charge >= 0.3 is 0 Å². The van der Waals surface area contributed by atoms with E-state index < -0.39 is 18.3 Å². The third-order valence-electron chi connectivity index (χ3n) is 2.61. The van der Waals surface area contributed by atoms with Crippen LogP contribution in [0.2, 0.25) is 0 Å². The average molecular weight is 294 g/mol. The third kappa shape index (κ3) is 2.87. The molecule has 0 saturated carbocycles. The van der Waals surface area contributed by atoms with Crippen LogP contribution in [-0.4, -0.2) is 47.5 Å². The Labute approximate surface area is 118 Å². The van der Waals surface area contributed by atoms with E-state index in [2.05, 4.69) is 15.0 Å². The van der Waals surface area contributed by atoms with Crippen LogP contribution in [0.15, 0.2) is 35.5 Å². The summed E-state index contributed by atoms with van der Waals surface area (Å²) in [5.74, 6) is -0.270. The molecule has 0 amide bonds. The van der Waals surface area contributed by atoms with E-state index in [9.17, 15) is 9.90 Å². The van der Waals surface area contributed by atoms with E-state index in [1.54, 1.807) is 0 Å². The monoisotopic (exact) mass is 294 g/mol. The van der Waals surface area contributed by atoms with E-state index in [1.165, 1.54) is 30.2 Å². The first-order valence-electron chi connectivity index (χ1n) is 5.97. The van der Waals surface area contributed by atoms with Crippen LogP contribution in [0.1, 0.15) is 6.92 Å². The molecule has 4 N–H and O–H groups in total. The maximum Gasteiger partial charge on any atom is 0.278 e. The molecule has 0 spiro atoms. The van der Waals surface area contributed by atoms with Crippen LogP contribution in [0.3, 0.4) is 0 Å². The number of H-pyrrole nitrogens is 1. The Kier molecular flexibility index (Phi) is 4.24. The molecule has 9 heteroatoms. The Bertz CT molecular complexity index is 741. The minimum atomic E-state index is -0.883. The van der Waals surface area contributed by atoms with Gasteiger partial charge < -0.3 is 25.0 Å². The van der Waals surface area contributed by atoms with Gasteiger partial charge in [-0.15, -0.1) is 0 Å². The molecule has 2 aromatic heterocycles. The van der Waals surface area contributed by atoms with E-state index in [0.29, 0.717) is 0 Å². The maximum absolute atomic E-state index is 11.6. The van der Waals surface area contributed by atoms with Crippen LogP contribution in [0.25, 0.3) is 17.0 Å². The summed E-state index contributed by atoms with van der Waals surface area (Å²) in [5.41, 5.74) is -0.160. The van der Waals surface area contributed by atoms with Crippen LogP contribution in [0, 0.1) is 0 Å². The van der Waals surface area contributed by atoms with Gasteiger partial charge in [-0.1, -0.05) is 0 Å². The van der Waals surface area contributed by atoms with Gasteiger partial charge in [-0.3, -0.25) is 4.79 Å². The fraction of sp³-hybridized carbons (Fsp3) is 0.250. The molecule has 0 aliphatic rings. The molecule has 2 heterocycles. The molecular weight excluding hydrogens is 280 g/mol. The SMILES string of the molecule is C/C(O)=C(\OC(C=CO)CO)n1cnc2c(=O)[nH]cnc21. The molecule has 2 aromatic rings. The van der Waals surface area contributed by atoms with Crippen LogP contribution in [0.5, 0.6) is 0 Å². The molecular formula is C12H14N4O5. The van der Waals surface area contributed by atoms with Crippen LogP contribution in [-0.2, 0) is 4.74 Å². The first kappa shape index (κ1) is 14.6. The number of aliphatic hydroxyl groups is 3. The Morgan fingerprint density at radius 1 is 1.57 bits per heavy atom. The number of aromatic nitrogens is 4. The number of hydrogen-bond acceptors (Lipinski definition) is 7. The number of fused-ring (bicyclic) bond motifs is 1. The summed E-state index contributed by atoms with van der Waals surface area (Å²) in [6, 6.07) is 0. The van der Waals surface area contributed by atoms with Crippen molar-refractivity contribution in [1.29, 1.82) is 0 Å². The van der Waals surface area contributed by atoms with E-state index in [0.717, 1.165) is 6.26 Å². The number of nitrogens with one attached hydrogen (secondary N) is 1. The number of nitrogens with zero attached hydrogens (tertiary/aromatic N) is 3. The standard InChI is InChI=1S/C12H14N4O5/c1-7(19)12(21-8(4-18)2-3-17)16-6-15-9-10(16)13-5-14-11(9)20/h2-3,5-6,8,17-19H,4H2,1H3,(H,13,14,20)/b3-2?,12-7+. The van der Waals surface area contributed by atoms with Gasteiger partial charge in [0.2, 0.25) is 5.88 Å². The van der Waals surface area contributed by atoms with E-state index in [1.807, 2.05) is 0 Å². The molecule has 0 aliphatic heterocycles. The molecule has 9 nitrogen and oxygen atoms in total. The molecule has 0 radical (unpaired) electrons. The Hall–Kier alpha value is -2.81. The first-order valence-corrected chi connectivity index (χ1v) is 5.97. The van der Waals surface area contributed by atoms with Gasteiger partial charge in [-0.25, -0.2) is 14.5 Å². The number of ether oxygens (including phenoxy) is 1. The molecule has 0 fully saturated rings. The van der Waals surface area contributed by atoms with E-state index in [4.69, 9.17) is 14.9 Å². The van der Waals surface area contributed by atoms with E-state index in [-0.39, 0.29) is 22.8 Å². The summed E-state index contributed by atoms with van der Waals surface area (Å²) >= 11 is 0. The number of hydrogen-bond donors (Lipinski definition) is 4. The quantitative estimate of drug-likeness (QED) is 0.582. The number of allylic oxidation sites excluding steroid dienone is 1. The summed E-state index contributed by atoms with van der Waals surface area (Å²) in [7, 11) is 0. The Morgan fingerprint density at radius 3 is 2.95 bits per heavy atom. The predicted molar refractivity (Wildman–Crippen MR) is 73.4 cm³/mol. The van der Waals surface area contributed by atoms with Gasteiger partial charge in [0, 0.05) is 0 Å². The smallest absolute Gasteiger partial charge is 0.278 e. The lowest BCUT2D eigenvalue weighted by Crippen LogP contribution is -2.18. The Morgan fingerprint density at radius 2 is 2.33 bits per heavy atom. The number of aromatic amines is 1. The topological polar surface area (TPSA) is 133 Å².